The van der Waals surface area contributed by atoms with Gasteiger partial charge in [-0.05, 0) is 62.6 Å². The Morgan fingerprint density at radius 1 is 1.16 bits per heavy atom. The summed E-state index contributed by atoms with van der Waals surface area (Å²) >= 11 is 0. The van der Waals surface area contributed by atoms with E-state index in [0.717, 1.165) is 23.5 Å². The number of aliphatic imine (C=N–C) groups is 1. The maximum Gasteiger partial charge on any atom is 0.130 e. The van der Waals surface area contributed by atoms with E-state index in [1.54, 1.807) is 0 Å². The molecule has 0 unspecified atom stereocenters. The monoisotopic (exact) mass is 335 g/mol. The highest BCUT2D eigenvalue weighted by Gasteiger charge is 2.04. The van der Waals surface area contributed by atoms with Crippen LogP contribution in [0.5, 0.6) is 0 Å². The van der Waals surface area contributed by atoms with Crippen molar-refractivity contribution in [2.24, 2.45) is 4.99 Å². The van der Waals surface area contributed by atoms with E-state index in [4.69, 9.17) is 0 Å². The van der Waals surface area contributed by atoms with Gasteiger partial charge >= 0.3 is 0 Å². The number of aromatic amines is 1. The van der Waals surface area contributed by atoms with Gasteiger partial charge in [0.05, 0.1) is 0 Å². The van der Waals surface area contributed by atoms with Crippen LogP contribution in [0.15, 0.2) is 64.2 Å². The molecule has 2 aromatic rings. The van der Waals surface area contributed by atoms with E-state index in [0.29, 0.717) is 0 Å². The second kappa shape index (κ2) is 8.52. The quantitative estimate of drug-likeness (QED) is 0.499. The second-order valence-corrected chi connectivity index (χ2v) is 6.46. The van der Waals surface area contributed by atoms with Gasteiger partial charge in [-0.2, -0.15) is 0 Å². The molecule has 0 bridgehead atoms. The van der Waals surface area contributed by atoms with Crippen molar-refractivity contribution >= 4 is 17.7 Å². The van der Waals surface area contributed by atoms with Crippen molar-refractivity contribution in [2.75, 3.05) is 19.0 Å². The molecule has 0 aliphatic heterocycles. The van der Waals surface area contributed by atoms with Crippen molar-refractivity contribution < 1.29 is 0 Å². The molecular formula is C22H29N3. The highest BCUT2D eigenvalue weighted by atomic mass is 15.1. The predicted molar refractivity (Wildman–Crippen MR) is 111 cm³/mol. The molecule has 132 valence electrons. The maximum absolute atomic E-state index is 4.63. The van der Waals surface area contributed by atoms with E-state index in [1.165, 1.54) is 22.4 Å². The predicted octanol–water partition coefficient (Wildman–Crippen LogP) is 6.14. The van der Waals surface area contributed by atoms with Gasteiger partial charge in [0, 0.05) is 37.3 Å². The topological polar surface area (TPSA) is 31.4 Å². The summed E-state index contributed by atoms with van der Waals surface area (Å²) in [7, 11) is 4.10. The SMILES string of the molecule is C/C=C(\C=N/c1ccc(-c2cccc(N(C)C)c2)[nH]1)C(/C)=C(\C)CC. The third-order valence-corrected chi connectivity index (χ3v) is 4.60. The Morgan fingerprint density at radius 3 is 2.56 bits per heavy atom. The summed E-state index contributed by atoms with van der Waals surface area (Å²) in [6, 6.07) is 12.6. The highest BCUT2D eigenvalue weighted by molar-refractivity contribution is 5.86. The first-order chi connectivity index (χ1) is 12.0. The largest absolute Gasteiger partial charge is 0.378 e. The lowest BCUT2D eigenvalue weighted by molar-refractivity contribution is 1.06. The highest BCUT2D eigenvalue weighted by Crippen LogP contribution is 2.25. The summed E-state index contributed by atoms with van der Waals surface area (Å²) < 4.78 is 0. The fraction of sp³-hybridized carbons (Fsp3) is 0.318. The molecule has 1 aromatic heterocycles. The third-order valence-electron chi connectivity index (χ3n) is 4.60. The van der Waals surface area contributed by atoms with Gasteiger partial charge in [-0.15, -0.1) is 0 Å². The molecule has 0 fully saturated rings. The average Bonchev–Trinajstić information content (AvgIpc) is 3.10. The van der Waals surface area contributed by atoms with E-state index < -0.39 is 0 Å². The first kappa shape index (κ1) is 18.8. The summed E-state index contributed by atoms with van der Waals surface area (Å²) in [5.41, 5.74) is 7.30. The summed E-state index contributed by atoms with van der Waals surface area (Å²) in [4.78, 5) is 10.1. The number of anilines is 1. The summed E-state index contributed by atoms with van der Waals surface area (Å²) in [5.74, 6) is 0.867. The average molecular weight is 335 g/mol. The van der Waals surface area contributed by atoms with Gasteiger partial charge in [-0.3, -0.25) is 0 Å². The van der Waals surface area contributed by atoms with E-state index in [2.05, 4.69) is 93.1 Å². The second-order valence-electron chi connectivity index (χ2n) is 6.46. The third kappa shape index (κ3) is 4.72. The molecule has 0 atom stereocenters. The molecule has 0 spiro atoms. The van der Waals surface area contributed by atoms with Crippen LogP contribution in [0.3, 0.4) is 0 Å². The number of nitrogens with one attached hydrogen (secondary N) is 1. The maximum atomic E-state index is 4.63. The minimum atomic E-state index is 0.867. The minimum absolute atomic E-state index is 0.867. The number of allylic oxidation sites excluding steroid dienone is 4. The molecule has 0 radical (unpaired) electrons. The lowest BCUT2D eigenvalue weighted by atomic mass is 10.0. The van der Waals surface area contributed by atoms with Gasteiger partial charge in [0.15, 0.2) is 0 Å². The van der Waals surface area contributed by atoms with Crippen LogP contribution in [0.25, 0.3) is 11.3 Å². The fourth-order valence-electron chi connectivity index (χ4n) is 2.62. The van der Waals surface area contributed by atoms with E-state index in [1.807, 2.05) is 12.3 Å². The van der Waals surface area contributed by atoms with Crippen molar-refractivity contribution in [3.8, 4) is 11.3 Å². The van der Waals surface area contributed by atoms with E-state index in [-0.39, 0.29) is 0 Å². The van der Waals surface area contributed by atoms with Crippen LogP contribution in [0, 0.1) is 0 Å². The number of H-pyrrole nitrogens is 1. The van der Waals surface area contributed by atoms with Gasteiger partial charge < -0.3 is 9.88 Å². The van der Waals surface area contributed by atoms with E-state index >= 15 is 0 Å². The molecule has 0 saturated heterocycles. The molecule has 0 aliphatic rings. The van der Waals surface area contributed by atoms with Crippen molar-refractivity contribution in [1.29, 1.82) is 0 Å². The Hall–Kier alpha value is -2.55. The first-order valence-electron chi connectivity index (χ1n) is 8.80. The molecule has 0 saturated carbocycles. The van der Waals surface area contributed by atoms with Gasteiger partial charge in [0.25, 0.3) is 0 Å². The molecule has 0 aliphatic carbocycles. The van der Waals surface area contributed by atoms with Gasteiger partial charge in [0.1, 0.15) is 5.82 Å². The number of rotatable bonds is 6. The van der Waals surface area contributed by atoms with Crippen molar-refractivity contribution in [3.63, 3.8) is 0 Å². The summed E-state index contributed by atoms with van der Waals surface area (Å²) in [6.45, 7) is 8.58. The fourth-order valence-corrected chi connectivity index (χ4v) is 2.62. The van der Waals surface area contributed by atoms with Crippen LogP contribution < -0.4 is 4.90 Å². The zero-order valence-electron chi connectivity index (χ0n) is 16.2. The lowest BCUT2D eigenvalue weighted by Gasteiger charge is -2.13. The molecule has 1 N–H and O–H groups in total. The standard InChI is InChI=1S/C22H29N3/c1-7-16(3)17(4)18(8-2)15-23-22-13-12-21(24-22)19-10-9-11-20(14-19)25(5)6/h8-15,24H,7H2,1-6H3/b17-16+,18-8+,23-15-. The van der Waals surface area contributed by atoms with Crippen LogP contribution in [0.4, 0.5) is 11.5 Å². The normalized spacial score (nSPS) is 13.3. The van der Waals surface area contributed by atoms with Crippen molar-refractivity contribution in [2.45, 2.75) is 34.1 Å². The Morgan fingerprint density at radius 2 is 1.92 bits per heavy atom. The number of hydrogen-bond acceptors (Lipinski definition) is 2. The molecule has 25 heavy (non-hydrogen) atoms. The number of nitrogens with zero attached hydrogens (tertiary/aromatic N) is 2. The van der Waals surface area contributed by atoms with Crippen LogP contribution in [0.2, 0.25) is 0 Å². The molecule has 1 aromatic carbocycles. The summed E-state index contributed by atoms with van der Waals surface area (Å²) in [6.07, 6.45) is 5.12. The summed E-state index contributed by atoms with van der Waals surface area (Å²) in [5, 5.41) is 0. The minimum Gasteiger partial charge on any atom is -0.378 e. The molecule has 1 heterocycles. The van der Waals surface area contributed by atoms with Crippen LogP contribution in [-0.4, -0.2) is 25.3 Å². The molecule has 3 heteroatoms. The Bertz CT molecular complexity index is 804. The van der Waals surface area contributed by atoms with Crippen LogP contribution in [-0.2, 0) is 0 Å². The first-order valence-corrected chi connectivity index (χ1v) is 8.80. The van der Waals surface area contributed by atoms with Crippen LogP contribution >= 0.6 is 0 Å². The molecular weight excluding hydrogens is 306 g/mol. The molecule has 2 rings (SSSR count). The van der Waals surface area contributed by atoms with Crippen LogP contribution in [0.1, 0.15) is 34.1 Å². The Balaban J connectivity index is 2.23. The number of aromatic nitrogens is 1. The molecule has 0 amide bonds. The number of hydrogen-bond donors (Lipinski definition) is 1. The van der Waals surface area contributed by atoms with Gasteiger partial charge in [0.2, 0.25) is 0 Å². The van der Waals surface area contributed by atoms with Gasteiger partial charge in [-0.1, -0.05) is 30.7 Å². The zero-order valence-corrected chi connectivity index (χ0v) is 16.2. The smallest absolute Gasteiger partial charge is 0.130 e. The molecule has 3 nitrogen and oxygen atoms in total. The van der Waals surface area contributed by atoms with Gasteiger partial charge in [-0.25, -0.2) is 4.99 Å². The Kier molecular flexibility index (Phi) is 6.40. The van der Waals surface area contributed by atoms with Crippen molar-refractivity contribution in [1.82, 2.24) is 4.98 Å². The lowest BCUT2D eigenvalue weighted by Crippen LogP contribution is -2.08. The van der Waals surface area contributed by atoms with Crippen molar-refractivity contribution in [3.05, 3.63) is 59.2 Å². The zero-order chi connectivity index (χ0) is 18.4. The van der Waals surface area contributed by atoms with E-state index in [9.17, 15) is 0 Å². The number of benzene rings is 1. The Labute approximate surface area is 151 Å².